The number of nitro groups is 1. The summed E-state index contributed by atoms with van der Waals surface area (Å²) >= 11 is 0. The summed E-state index contributed by atoms with van der Waals surface area (Å²) in [6, 6.07) is 6.16. The van der Waals surface area contributed by atoms with E-state index in [1.54, 1.807) is 23.1 Å². The topological polar surface area (TPSA) is 89.8 Å². The van der Waals surface area contributed by atoms with Crippen LogP contribution in [0.5, 0.6) is 0 Å². The summed E-state index contributed by atoms with van der Waals surface area (Å²) in [6.07, 6.45) is 10.9. The summed E-state index contributed by atoms with van der Waals surface area (Å²) in [5.74, 6) is -0.476. The Kier molecular flexibility index (Phi) is 8.65. The lowest BCUT2D eigenvalue weighted by Gasteiger charge is -2.32. The van der Waals surface area contributed by atoms with Crippen LogP contribution >= 0.6 is 0 Å². The maximum atomic E-state index is 12.9. The van der Waals surface area contributed by atoms with Crippen LogP contribution in [0.2, 0.25) is 0 Å². The number of rotatable bonds is 7. The minimum absolute atomic E-state index is 0.0118. The molecule has 2 rings (SSSR count). The van der Waals surface area contributed by atoms with Crippen LogP contribution in [0.3, 0.4) is 0 Å². The second-order valence-corrected chi connectivity index (χ2v) is 7.04. The maximum Gasteiger partial charge on any atom is 0.307 e. The van der Waals surface area contributed by atoms with Gasteiger partial charge in [0.05, 0.1) is 18.5 Å². The molecule has 7 heteroatoms. The molecule has 152 valence electrons. The highest BCUT2D eigenvalue weighted by Gasteiger charge is 2.23. The van der Waals surface area contributed by atoms with Crippen molar-refractivity contribution in [1.82, 2.24) is 4.90 Å². The van der Waals surface area contributed by atoms with Gasteiger partial charge in [0.1, 0.15) is 0 Å². The van der Waals surface area contributed by atoms with E-state index in [-0.39, 0.29) is 30.0 Å². The van der Waals surface area contributed by atoms with Crippen LogP contribution in [0.15, 0.2) is 30.3 Å². The Hall–Kier alpha value is -2.70. The number of non-ortho nitro benzene ring substituents is 1. The zero-order valence-electron chi connectivity index (χ0n) is 16.3. The molecule has 0 radical (unpaired) electrons. The van der Waals surface area contributed by atoms with Gasteiger partial charge in [0, 0.05) is 30.8 Å². The van der Waals surface area contributed by atoms with E-state index in [1.807, 2.05) is 0 Å². The van der Waals surface area contributed by atoms with Gasteiger partial charge in [0.25, 0.3) is 5.69 Å². The molecule has 1 aliphatic rings. The Bertz CT molecular complexity index is 691. The maximum absolute atomic E-state index is 12.9. The lowest BCUT2D eigenvalue weighted by molar-refractivity contribution is -0.384. The van der Waals surface area contributed by atoms with E-state index < -0.39 is 4.92 Å². The molecule has 0 heterocycles. The van der Waals surface area contributed by atoms with Gasteiger partial charge < -0.3 is 9.64 Å². The van der Waals surface area contributed by atoms with Crippen molar-refractivity contribution >= 4 is 23.6 Å². The molecule has 0 aromatic heterocycles. The van der Waals surface area contributed by atoms with Gasteiger partial charge >= 0.3 is 5.97 Å². The molecule has 0 aliphatic heterocycles. The summed E-state index contributed by atoms with van der Waals surface area (Å²) < 4.78 is 4.72. The molecule has 7 nitrogen and oxygen atoms in total. The third-order valence-electron chi connectivity index (χ3n) is 5.11. The fourth-order valence-corrected chi connectivity index (χ4v) is 3.50. The highest BCUT2D eigenvalue weighted by molar-refractivity contribution is 5.92. The average molecular weight is 388 g/mol. The first kappa shape index (κ1) is 21.6. The second kappa shape index (κ2) is 11.2. The number of carbonyl (C=O) groups excluding carboxylic acids is 2. The van der Waals surface area contributed by atoms with Gasteiger partial charge in [-0.25, -0.2) is 0 Å². The van der Waals surface area contributed by atoms with Gasteiger partial charge in [-0.2, -0.15) is 0 Å². The van der Waals surface area contributed by atoms with Gasteiger partial charge in [-0.05, 0) is 36.6 Å². The zero-order valence-corrected chi connectivity index (χ0v) is 16.3. The Morgan fingerprint density at radius 3 is 2.32 bits per heavy atom. The molecule has 1 aromatic carbocycles. The van der Waals surface area contributed by atoms with Crippen molar-refractivity contribution in [3.05, 3.63) is 46.0 Å². The molecule has 0 N–H and O–H groups in total. The predicted octanol–water partition coefficient (Wildman–Crippen LogP) is 4.11. The number of nitro benzene ring substituents is 1. The number of methoxy groups -OCH3 is 1. The van der Waals surface area contributed by atoms with Crippen LogP contribution in [0, 0.1) is 10.1 Å². The first-order chi connectivity index (χ1) is 13.5. The van der Waals surface area contributed by atoms with Gasteiger partial charge in [-0.3, -0.25) is 19.7 Å². The lowest BCUT2D eigenvalue weighted by Crippen LogP contribution is -2.41. The summed E-state index contributed by atoms with van der Waals surface area (Å²) in [5.41, 5.74) is 0.724. The van der Waals surface area contributed by atoms with Gasteiger partial charge in [0.15, 0.2) is 0 Å². The van der Waals surface area contributed by atoms with Crippen molar-refractivity contribution in [2.75, 3.05) is 13.7 Å². The molecule has 28 heavy (non-hydrogen) atoms. The standard InChI is InChI=1S/C21H28N2O5/c1-28-21(25)15-16-22(18-7-5-3-2-4-6-8-18)20(24)14-11-17-9-12-19(13-10-17)23(26)27/h9-14,18H,2-8,15-16H2,1H3/b14-11+. The normalized spacial score (nSPS) is 15.6. The SMILES string of the molecule is COC(=O)CCN(C(=O)/C=C/c1ccc([N+](=O)[O-])cc1)C1CCCCCCC1. The molecular formula is C21H28N2O5. The van der Waals surface area contributed by atoms with E-state index in [2.05, 4.69) is 0 Å². The van der Waals surface area contributed by atoms with E-state index in [1.165, 1.54) is 44.6 Å². The van der Waals surface area contributed by atoms with Gasteiger partial charge in [-0.1, -0.05) is 32.1 Å². The first-order valence-corrected chi connectivity index (χ1v) is 9.81. The molecule has 1 saturated carbocycles. The van der Waals surface area contributed by atoms with Crippen LogP contribution in [0.4, 0.5) is 5.69 Å². The van der Waals surface area contributed by atoms with E-state index in [4.69, 9.17) is 4.74 Å². The number of nitrogens with zero attached hydrogens (tertiary/aromatic N) is 2. The van der Waals surface area contributed by atoms with Crippen LogP contribution in [0.25, 0.3) is 6.08 Å². The summed E-state index contributed by atoms with van der Waals surface area (Å²) in [7, 11) is 1.35. The number of carbonyl (C=O) groups is 2. The molecule has 1 aliphatic carbocycles. The fourth-order valence-electron chi connectivity index (χ4n) is 3.50. The Labute approximate surface area is 165 Å². The lowest BCUT2D eigenvalue weighted by atomic mass is 9.95. The molecule has 0 spiro atoms. The quantitative estimate of drug-likeness (QED) is 0.303. The van der Waals surface area contributed by atoms with Crippen LogP contribution in [0.1, 0.15) is 56.9 Å². The number of amides is 1. The number of ether oxygens (including phenoxy) is 1. The number of hydrogen-bond acceptors (Lipinski definition) is 5. The van der Waals surface area contributed by atoms with Gasteiger partial charge in [0.2, 0.25) is 5.91 Å². The number of hydrogen-bond donors (Lipinski definition) is 0. The predicted molar refractivity (Wildman–Crippen MR) is 107 cm³/mol. The van der Waals surface area contributed by atoms with Crippen LogP contribution in [-0.2, 0) is 14.3 Å². The van der Waals surface area contributed by atoms with Crippen molar-refractivity contribution in [3.8, 4) is 0 Å². The molecule has 0 bridgehead atoms. The Balaban J connectivity index is 2.09. The Morgan fingerprint density at radius 1 is 1.14 bits per heavy atom. The van der Waals surface area contributed by atoms with Crippen LogP contribution in [-0.4, -0.2) is 41.4 Å². The van der Waals surface area contributed by atoms with E-state index in [0.29, 0.717) is 12.1 Å². The van der Waals surface area contributed by atoms with Gasteiger partial charge in [-0.15, -0.1) is 0 Å². The van der Waals surface area contributed by atoms with E-state index in [0.717, 1.165) is 25.7 Å². The molecule has 0 atom stereocenters. The largest absolute Gasteiger partial charge is 0.469 e. The fraction of sp³-hybridized carbons (Fsp3) is 0.524. The van der Waals surface area contributed by atoms with Crippen molar-refractivity contribution < 1.29 is 19.2 Å². The zero-order chi connectivity index (χ0) is 20.4. The van der Waals surface area contributed by atoms with Crippen molar-refractivity contribution in [2.24, 2.45) is 0 Å². The Morgan fingerprint density at radius 2 is 1.75 bits per heavy atom. The highest BCUT2D eigenvalue weighted by Crippen LogP contribution is 2.22. The molecule has 1 fully saturated rings. The smallest absolute Gasteiger partial charge is 0.307 e. The third-order valence-corrected chi connectivity index (χ3v) is 5.11. The van der Waals surface area contributed by atoms with Crippen LogP contribution < -0.4 is 0 Å². The van der Waals surface area contributed by atoms with E-state index >= 15 is 0 Å². The molecule has 1 aromatic rings. The third kappa shape index (κ3) is 6.79. The average Bonchev–Trinajstić information content (AvgIpc) is 2.67. The van der Waals surface area contributed by atoms with E-state index in [9.17, 15) is 19.7 Å². The summed E-state index contributed by atoms with van der Waals surface area (Å²) in [6.45, 7) is 0.334. The van der Waals surface area contributed by atoms with Crippen molar-refractivity contribution in [3.63, 3.8) is 0 Å². The first-order valence-electron chi connectivity index (χ1n) is 9.81. The minimum atomic E-state index is -0.457. The molecule has 0 unspecified atom stereocenters. The minimum Gasteiger partial charge on any atom is -0.469 e. The molecule has 0 saturated heterocycles. The summed E-state index contributed by atoms with van der Waals surface area (Å²) in [5, 5.41) is 10.7. The number of esters is 1. The number of benzene rings is 1. The molecular weight excluding hydrogens is 360 g/mol. The van der Waals surface area contributed by atoms with Crippen molar-refractivity contribution in [2.45, 2.75) is 57.4 Å². The summed E-state index contributed by atoms with van der Waals surface area (Å²) in [4.78, 5) is 36.5. The second-order valence-electron chi connectivity index (χ2n) is 7.04. The van der Waals surface area contributed by atoms with Crippen molar-refractivity contribution in [1.29, 1.82) is 0 Å². The monoisotopic (exact) mass is 388 g/mol. The molecule has 1 amide bonds. The highest BCUT2D eigenvalue weighted by atomic mass is 16.6.